The maximum absolute atomic E-state index is 11.2. The van der Waals surface area contributed by atoms with Crippen molar-refractivity contribution >= 4 is 17.3 Å². The van der Waals surface area contributed by atoms with Crippen molar-refractivity contribution in [1.29, 1.82) is 0 Å². The lowest BCUT2D eigenvalue weighted by Crippen LogP contribution is -2.33. The molecule has 1 aromatic rings. The van der Waals surface area contributed by atoms with E-state index < -0.39 is 0 Å². The topological polar surface area (TPSA) is 67.1 Å². The molecule has 4 nitrogen and oxygen atoms in total. The third kappa shape index (κ3) is 2.58. The summed E-state index contributed by atoms with van der Waals surface area (Å²) in [5, 5.41) is 6.23. The number of carbonyl (C=O) groups is 1. The first-order chi connectivity index (χ1) is 8.10. The largest absolute Gasteiger partial charge is 0.381 e. The quantitative estimate of drug-likeness (QED) is 0.739. The Kier molecular flexibility index (Phi) is 3.33. The monoisotopic (exact) mass is 233 g/mol. The van der Waals surface area contributed by atoms with E-state index in [9.17, 15) is 4.79 Å². The Morgan fingerprint density at radius 1 is 1.47 bits per heavy atom. The average molecular weight is 233 g/mol. The van der Waals surface area contributed by atoms with Crippen LogP contribution in [0.2, 0.25) is 0 Å². The molecule has 0 saturated heterocycles. The van der Waals surface area contributed by atoms with Crippen molar-refractivity contribution < 1.29 is 4.79 Å². The smallest absolute Gasteiger partial charge is 0.228 e. The number of benzene rings is 1. The van der Waals surface area contributed by atoms with Gasteiger partial charge in [0.15, 0.2) is 0 Å². The minimum atomic E-state index is 0.0661. The number of hydrogen-bond donors (Lipinski definition) is 3. The minimum Gasteiger partial charge on any atom is -0.381 e. The number of rotatable bonds is 4. The highest BCUT2D eigenvalue weighted by Crippen LogP contribution is 2.26. The zero-order valence-electron chi connectivity index (χ0n) is 10.3. The zero-order valence-corrected chi connectivity index (χ0v) is 10.3. The van der Waals surface area contributed by atoms with Crippen molar-refractivity contribution in [3.8, 4) is 0 Å². The highest BCUT2D eigenvalue weighted by atomic mass is 16.1. The van der Waals surface area contributed by atoms with Crippen molar-refractivity contribution in [1.82, 2.24) is 0 Å². The van der Waals surface area contributed by atoms with E-state index >= 15 is 0 Å². The summed E-state index contributed by atoms with van der Waals surface area (Å²) in [4.78, 5) is 11.2. The van der Waals surface area contributed by atoms with E-state index in [0.717, 1.165) is 16.9 Å². The van der Waals surface area contributed by atoms with Crippen LogP contribution in [0.3, 0.4) is 0 Å². The molecule has 1 atom stereocenters. The number of hydrogen-bond acceptors (Lipinski definition) is 3. The molecule has 0 fully saturated rings. The number of carbonyl (C=O) groups excluding carboxylic acids is 1. The predicted molar refractivity (Wildman–Crippen MR) is 70.1 cm³/mol. The average Bonchev–Trinajstić information content (AvgIpc) is 2.64. The van der Waals surface area contributed by atoms with Crippen LogP contribution in [0.25, 0.3) is 0 Å². The van der Waals surface area contributed by atoms with Gasteiger partial charge in [-0.15, -0.1) is 0 Å². The lowest BCUT2D eigenvalue weighted by Gasteiger charge is -2.22. The van der Waals surface area contributed by atoms with Crippen molar-refractivity contribution in [2.24, 2.45) is 11.7 Å². The first-order valence-corrected chi connectivity index (χ1v) is 5.99. The standard InChI is InChI=1S/C13H19N3O/c1-8(2)12(7-14)15-10-3-4-11-9(5-10)6-13(17)16-11/h3-5,8,12,15H,6-7,14H2,1-2H3,(H,16,17). The van der Waals surface area contributed by atoms with Crippen molar-refractivity contribution in [2.75, 3.05) is 17.2 Å². The van der Waals surface area contributed by atoms with Crippen LogP contribution in [0.1, 0.15) is 19.4 Å². The second-order valence-corrected chi connectivity index (χ2v) is 4.83. The summed E-state index contributed by atoms with van der Waals surface area (Å²) in [6, 6.07) is 6.21. The summed E-state index contributed by atoms with van der Waals surface area (Å²) >= 11 is 0. The van der Waals surface area contributed by atoms with Crippen LogP contribution >= 0.6 is 0 Å². The highest BCUT2D eigenvalue weighted by Gasteiger charge is 2.18. The fourth-order valence-electron chi connectivity index (χ4n) is 2.03. The zero-order chi connectivity index (χ0) is 12.4. The summed E-state index contributed by atoms with van der Waals surface area (Å²) in [7, 11) is 0. The molecule has 4 N–H and O–H groups in total. The third-order valence-corrected chi connectivity index (χ3v) is 3.14. The van der Waals surface area contributed by atoms with E-state index in [1.165, 1.54) is 0 Å². The van der Waals surface area contributed by atoms with Crippen LogP contribution in [-0.2, 0) is 11.2 Å². The molecule has 0 radical (unpaired) electrons. The number of nitrogens with one attached hydrogen (secondary N) is 2. The Hall–Kier alpha value is -1.55. The Labute approximate surface area is 102 Å². The number of amides is 1. The molecule has 1 heterocycles. The third-order valence-electron chi connectivity index (χ3n) is 3.14. The predicted octanol–water partition coefficient (Wildman–Crippen LogP) is 1.58. The molecular weight excluding hydrogens is 214 g/mol. The summed E-state index contributed by atoms with van der Waals surface area (Å²) in [6.07, 6.45) is 0.472. The molecule has 1 aliphatic rings. The van der Waals surface area contributed by atoms with Gasteiger partial charge in [0.05, 0.1) is 6.42 Å². The minimum absolute atomic E-state index is 0.0661. The van der Waals surface area contributed by atoms with Crippen LogP contribution in [0.15, 0.2) is 18.2 Å². The van der Waals surface area contributed by atoms with Gasteiger partial charge in [-0.1, -0.05) is 13.8 Å². The lowest BCUT2D eigenvalue weighted by molar-refractivity contribution is -0.115. The molecule has 1 amide bonds. The highest BCUT2D eigenvalue weighted by molar-refractivity contribution is 5.99. The molecule has 2 rings (SSSR count). The number of fused-ring (bicyclic) bond motifs is 1. The molecule has 0 bridgehead atoms. The van der Waals surface area contributed by atoms with Gasteiger partial charge < -0.3 is 16.4 Å². The van der Waals surface area contributed by atoms with Gasteiger partial charge in [-0.05, 0) is 29.7 Å². The van der Waals surface area contributed by atoms with E-state index in [1.54, 1.807) is 0 Å². The first-order valence-electron chi connectivity index (χ1n) is 5.99. The van der Waals surface area contributed by atoms with E-state index in [4.69, 9.17) is 5.73 Å². The van der Waals surface area contributed by atoms with E-state index in [-0.39, 0.29) is 11.9 Å². The Bertz CT molecular complexity index is 429. The lowest BCUT2D eigenvalue weighted by atomic mass is 10.0. The fourth-order valence-corrected chi connectivity index (χ4v) is 2.03. The molecule has 0 aliphatic carbocycles. The second kappa shape index (κ2) is 4.75. The van der Waals surface area contributed by atoms with Gasteiger partial charge >= 0.3 is 0 Å². The molecule has 1 aliphatic heterocycles. The number of anilines is 2. The normalized spacial score (nSPS) is 15.6. The number of nitrogens with two attached hydrogens (primary N) is 1. The van der Waals surface area contributed by atoms with E-state index in [2.05, 4.69) is 24.5 Å². The molecule has 0 spiro atoms. The van der Waals surface area contributed by atoms with Crippen molar-refractivity contribution in [2.45, 2.75) is 26.3 Å². The SMILES string of the molecule is CC(C)C(CN)Nc1ccc2c(c1)CC(=O)N2. The molecule has 1 unspecified atom stereocenters. The van der Waals surface area contributed by atoms with Gasteiger partial charge in [-0.25, -0.2) is 0 Å². The molecule has 17 heavy (non-hydrogen) atoms. The maximum atomic E-state index is 11.2. The summed E-state index contributed by atoms with van der Waals surface area (Å²) in [6.45, 7) is 4.89. The second-order valence-electron chi connectivity index (χ2n) is 4.83. The van der Waals surface area contributed by atoms with Crippen LogP contribution < -0.4 is 16.4 Å². The van der Waals surface area contributed by atoms with Crippen LogP contribution in [0.5, 0.6) is 0 Å². The van der Waals surface area contributed by atoms with Gasteiger partial charge in [0, 0.05) is 24.0 Å². The Balaban J connectivity index is 2.13. The van der Waals surface area contributed by atoms with Crippen LogP contribution in [-0.4, -0.2) is 18.5 Å². The molecule has 1 aromatic carbocycles. The molecule has 0 saturated carbocycles. The van der Waals surface area contributed by atoms with Crippen LogP contribution in [0, 0.1) is 5.92 Å². The first kappa shape index (κ1) is 11.9. The molecular formula is C13H19N3O. The summed E-state index contributed by atoms with van der Waals surface area (Å²) < 4.78 is 0. The molecule has 92 valence electrons. The van der Waals surface area contributed by atoms with E-state index in [0.29, 0.717) is 18.9 Å². The summed E-state index contributed by atoms with van der Waals surface area (Å²) in [5.74, 6) is 0.546. The van der Waals surface area contributed by atoms with Gasteiger partial charge in [-0.2, -0.15) is 0 Å². The maximum Gasteiger partial charge on any atom is 0.228 e. The van der Waals surface area contributed by atoms with Crippen molar-refractivity contribution in [3.63, 3.8) is 0 Å². The Morgan fingerprint density at radius 3 is 2.88 bits per heavy atom. The summed E-state index contributed by atoms with van der Waals surface area (Å²) in [5.41, 5.74) is 8.74. The van der Waals surface area contributed by atoms with Gasteiger partial charge in [0.2, 0.25) is 5.91 Å². The molecule has 4 heteroatoms. The van der Waals surface area contributed by atoms with Gasteiger partial charge in [0.1, 0.15) is 0 Å². The molecule has 0 aromatic heterocycles. The van der Waals surface area contributed by atoms with E-state index in [1.807, 2.05) is 18.2 Å². The van der Waals surface area contributed by atoms with Crippen molar-refractivity contribution in [3.05, 3.63) is 23.8 Å². The Morgan fingerprint density at radius 2 is 2.24 bits per heavy atom. The fraction of sp³-hybridized carbons (Fsp3) is 0.462. The van der Waals surface area contributed by atoms with Crippen LogP contribution in [0.4, 0.5) is 11.4 Å². The van der Waals surface area contributed by atoms with Gasteiger partial charge in [-0.3, -0.25) is 4.79 Å². The van der Waals surface area contributed by atoms with Gasteiger partial charge in [0.25, 0.3) is 0 Å².